The van der Waals surface area contributed by atoms with Crippen LogP contribution in [0.1, 0.15) is 71.6 Å². The van der Waals surface area contributed by atoms with E-state index in [1.807, 2.05) is 0 Å². The molecule has 0 unspecified atom stereocenters. The first-order chi connectivity index (χ1) is 9.83. The van der Waals surface area contributed by atoms with Crippen molar-refractivity contribution in [1.82, 2.24) is 0 Å². The Kier molecular flexibility index (Phi) is 11.2. The minimum absolute atomic E-state index is 1.37. The molecule has 1 aliphatic heterocycles. The molecule has 0 spiro atoms. The summed E-state index contributed by atoms with van der Waals surface area (Å²) in [5.41, 5.74) is 0. The average molecular weight is 313 g/mol. The third-order valence-electron chi connectivity index (χ3n) is 4.24. The highest BCUT2D eigenvalue weighted by Gasteiger charge is 2.28. The first kappa shape index (κ1) is 20.7. The molecular weight excluding hydrogens is 281 g/mol. The van der Waals surface area contributed by atoms with Crippen LogP contribution in [-0.2, 0) is 0 Å². The van der Waals surface area contributed by atoms with Gasteiger partial charge in [0.05, 0.1) is 26.2 Å². The molecular formula is C15H32BF4N. The lowest BCUT2D eigenvalue weighted by atomic mass is 10.0. The van der Waals surface area contributed by atoms with Crippen molar-refractivity contribution in [1.29, 1.82) is 0 Å². The van der Waals surface area contributed by atoms with Crippen molar-refractivity contribution < 1.29 is 21.7 Å². The van der Waals surface area contributed by atoms with E-state index in [0.29, 0.717) is 0 Å². The van der Waals surface area contributed by atoms with Gasteiger partial charge in [0, 0.05) is 0 Å². The molecule has 0 aliphatic carbocycles. The maximum atomic E-state index is 9.75. The van der Waals surface area contributed by atoms with Gasteiger partial charge in [-0.1, -0.05) is 26.7 Å². The summed E-state index contributed by atoms with van der Waals surface area (Å²) in [6.07, 6.45) is 13.0. The van der Waals surface area contributed by atoms with Crippen LogP contribution < -0.4 is 0 Å². The standard InChI is InChI=1S/C15H32N.BF4/c1-3-5-8-12-16(13-9-6-4-2)14-10-7-11-15-16;2-1(3,4)5/h3-15H2,1-2H3;/q+1;-1. The zero-order valence-electron chi connectivity index (χ0n) is 13.7. The molecule has 0 aromatic carbocycles. The second kappa shape index (κ2) is 11.3. The quantitative estimate of drug-likeness (QED) is 0.234. The van der Waals surface area contributed by atoms with Gasteiger partial charge in [-0.3, -0.25) is 0 Å². The second-order valence-corrected chi connectivity index (χ2v) is 6.21. The Morgan fingerprint density at radius 2 is 1.10 bits per heavy atom. The van der Waals surface area contributed by atoms with Crippen LogP contribution in [0.15, 0.2) is 0 Å². The minimum atomic E-state index is -6.00. The highest BCUT2D eigenvalue weighted by molar-refractivity contribution is 6.50. The molecule has 1 heterocycles. The van der Waals surface area contributed by atoms with E-state index in [0.717, 1.165) is 0 Å². The summed E-state index contributed by atoms with van der Waals surface area (Å²) in [6, 6.07) is 0. The van der Waals surface area contributed by atoms with Gasteiger partial charge in [0.2, 0.25) is 0 Å². The lowest BCUT2D eigenvalue weighted by molar-refractivity contribution is -0.932. The number of likely N-dealkylation sites (tertiary alicyclic amines) is 1. The molecule has 0 N–H and O–H groups in total. The Bertz CT molecular complexity index is 222. The fourth-order valence-corrected chi connectivity index (χ4v) is 3.14. The van der Waals surface area contributed by atoms with Gasteiger partial charge in [0.1, 0.15) is 0 Å². The summed E-state index contributed by atoms with van der Waals surface area (Å²) in [6.45, 7) is 10.5. The summed E-state index contributed by atoms with van der Waals surface area (Å²) in [5, 5.41) is 0. The maximum absolute atomic E-state index is 9.75. The van der Waals surface area contributed by atoms with Crippen LogP contribution in [0.2, 0.25) is 0 Å². The molecule has 6 heteroatoms. The molecule has 1 aliphatic rings. The van der Waals surface area contributed by atoms with E-state index >= 15 is 0 Å². The smallest absolute Gasteiger partial charge is 0.418 e. The van der Waals surface area contributed by atoms with E-state index in [9.17, 15) is 17.3 Å². The Morgan fingerprint density at radius 1 is 0.714 bits per heavy atom. The molecule has 1 fully saturated rings. The zero-order valence-corrected chi connectivity index (χ0v) is 13.7. The molecule has 1 saturated heterocycles. The predicted octanol–water partition coefficient (Wildman–Crippen LogP) is 5.67. The first-order valence-corrected chi connectivity index (χ1v) is 8.55. The summed E-state index contributed by atoms with van der Waals surface area (Å²) in [5.74, 6) is 0. The fourth-order valence-electron chi connectivity index (χ4n) is 3.14. The van der Waals surface area contributed by atoms with Gasteiger partial charge in [0.15, 0.2) is 0 Å². The van der Waals surface area contributed by atoms with Crippen LogP contribution in [0.3, 0.4) is 0 Å². The molecule has 0 atom stereocenters. The van der Waals surface area contributed by atoms with E-state index in [1.165, 1.54) is 88.4 Å². The van der Waals surface area contributed by atoms with E-state index in [-0.39, 0.29) is 0 Å². The number of hydrogen-bond donors (Lipinski definition) is 0. The largest absolute Gasteiger partial charge is 0.673 e. The molecule has 0 aromatic heterocycles. The molecule has 21 heavy (non-hydrogen) atoms. The van der Waals surface area contributed by atoms with Crippen molar-refractivity contribution in [2.24, 2.45) is 0 Å². The number of hydrogen-bond acceptors (Lipinski definition) is 0. The van der Waals surface area contributed by atoms with E-state index in [2.05, 4.69) is 13.8 Å². The highest BCUT2D eigenvalue weighted by atomic mass is 19.5. The molecule has 1 nitrogen and oxygen atoms in total. The number of halogens is 4. The lowest BCUT2D eigenvalue weighted by Gasteiger charge is -2.42. The minimum Gasteiger partial charge on any atom is -0.418 e. The molecule has 128 valence electrons. The fraction of sp³-hybridized carbons (Fsp3) is 1.00. The topological polar surface area (TPSA) is 0 Å². The first-order valence-electron chi connectivity index (χ1n) is 8.55. The number of quaternary nitrogens is 1. The maximum Gasteiger partial charge on any atom is 0.673 e. The molecule has 0 radical (unpaired) electrons. The Morgan fingerprint density at radius 3 is 1.43 bits per heavy atom. The van der Waals surface area contributed by atoms with Crippen LogP contribution >= 0.6 is 0 Å². The second-order valence-electron chi connectivity index (χ2n) is 6.21. The van der Waals surface area contributed by atoms with Crippen molar-refractivity contribution in [3.8, 4) is 0 Å². The SMILES string of the molecule is CCCCC[N+]1(CCCCC)CCCCC1.F[B-](F)(F)F. The van der Waals surface area contributed by atoms with Gasteiger partial charge in [-0.25, -0.2) is 0 Å². The molecule has 0 saturated carbocycles. The molecule has 0 bridgehead atoms. The zero-order chi connectivity index (χ0) is 16.2. The third-order valence-corrected chi connectivity index (χ3v) is 4.24. The molecule has 0 aromatic rings. The van der Waals surface area contributed by atoms with Crippen molar-refractivity contribution in [3.63, 3.8) is 0 Å². The van der Waals surface area contributed by atoms with Gasteiger partial charge >= 0.3 is 7.25 Å². The van der Waals surface area contributed by atoms with Crippen molar-refractivity contribution in [2.45, 2.75) is 71.6 Å². The van der Waals surface area contributed by atoms with Gasteiger partial charge in [-0.2, -0.15) is 0 Å². The van der Waals surface area contributed by atoms with Crippen molar-refractivity contribution >= 4 is 7.25 Å². The predicted molar refractivity (Wildman–Crippen MR) is 82.8 cm³/mol. The Hall–Kier alpha value is -0.255. The van der Waals surface area contributed by atoms with Crippen LogP contribution in [0.5, 0.6) is 0 Å². The highest BCUT2D eigenvalue weighted by Crippen LogP contribution is 2.21. The Labute approximate surface area is 127 Å². The number of unbranched alkanes of at least 4 members (excludes halogenated alkanes) is 4. The van der Waals surface area contributed by atoms with Crippen LogP contribution in [0.4, 0.5) is 17.3 Å². The lowest BCUT2D eigenvalue weighted by Crippen LogP contribution is -2.52. The summed E-state index contributed by atoms with van der Waals surface area (Å²) < 4.78 is 40.5. The van der Waals surface area contributed by atoms with Gasteiger partial charge < -0.3 is 21.7 Å². The van der Waals surface area contributed by atoms with Crippen molar-refractivity contribution in [2.75, 3.05) is 26.2 Å². The third kappa shape index (κ3) is 13.1. The summed E-state index contributed by atoms with van der Waals surface area (Å²) >= 11 is 0. The number of piperidine rings is 1. The summed E-state index contributed by atoms with van der Waals surface area (Å²) in [7, 11) is -6.00. The van der Waals surface area contributed by atoms with Crippen LogP contribution in [0, 0.1) is 0 Å². The van der Waals surface area contributed by atoms with E-state index in [1.54, 1.807) is 0 Å². The van der Waals surface area contributed by atoms with E-state index in [4.69, 9.17) is 0 Å². The van der Waals surface area contributed by atoms with Crippen molar-refractivity contribution in [3.05, 3.63) is 0 Å². The van der Waals surface area contributed by atoms with Crippen LogP contribution in [0.25, 0.3) is 0 Å². The normalized spacial score (nSPS) is 18.0. The van der Waals surface area contributed by atoms with Gasteiger partial charge in [-0.15, -0.1) is 0 Å². The molecule has 1 rings (SSSR count). The van der Waals surface area contributed by atoms with Gasteiger partial charge in [0.25, 0.3) is 0 Å². The van der Waals surface area contributed by atoms with E-state index < -0.39 is 7.25 Å². The van der Waals surface area contributed by atoms with Crippen LogP contribution in [-0.4, -0.2) is 37.9 Å². The number of nitrogens with zero attached hydrogens (tertiary/aromatic N) is 1. The Balaban J connectivity index is 0.000000690. The summed E-state index contributed by atoms with van der Waals surface area (Å²) in [4.78, 5) is 0. The monoisotopic (exact) mass is 313 g/mol. The molecule has 0 amide bonds. The average Bonchev–Trinajstić information content (AvgIpc) is 2.39. The van der Waals surface area contributed by atoms with Gasteiger partial charge in [-0.05, 0) is 44.9 Å². The number of rotatable bonds is 8.